The zero-order valence-electron chi connectivity index (χ0n) is 23.4. The number of carbonyl (C=O) groups is 1. The van der Waals surface area contributed by atoms with Crippen LogP contribution in [0.5, 0.6) is 0 Å². The molecule has 0 aliphatic carbocycles. The van der Waals surface area contributed by atoms with Gasteiger partial charge in [0.25, 0.3) is 0 Å². The first-order chi connectivity index (χ1) is 19.0. The lowest BCUT2D eigenvalue weighted by Gasteiger charge is -2.32. The second-order valence-electron chi connectivity index (χ2n) is 10.4. The van der Waals surface area contributed by atoms with Crippen LogP contribution in [0.1, 0.15) is 61.9 Å². The number of imidazole rings is 1. The summed E-state index contributed by atoms with van der Waals surface area (Å²) in [4.78, 5) is 20.9. The number of rotatable bonds is 10. The number of hydrogen-bond donors (Lipinski definition) is 1. The highest BCUT2D eigenvalue weighted by molar-refractivity contribution is 7.59. The fourth-order valence-corrected chi connectivity index (χ4v) is 5.34. The molecule has 1 aliphatic heterocycles. The highest BCUT2D eigenvalue weighted by Crippen LogP contribution is 2.34. The van der Waals surface area contributed by atoms with Crippen LogP contribution >= 0.6 is 13.5 Å². The van der Waals surface area contributed by atoms with Gasteiger partial charge in [-0.3, -0.25) is 4.79 Å². The van der Waals surface area contributed by atoms with E-state index in [1.54, 1.807) is 12.1 Å². The largest absolute Gasteiger partial charge is 0.340 e. The first kappa shape index (κ1) is 29.4. The van der Waals surface area contributed by atoms with Crippen molar-refractivity contribution in [2.75, 3.05) is 11.9 Å². The van der Waals surface area contributed by atoms with E-state index in [1.807, 2.05) is 35.2 Å². The van der Waals surface area contributed by atoms with Gasteiger partial charge in [-0.25, -0.2) is 9.37 Å². The maximum absolute atomic E-state index is 13.9. The van der Waals surface area contributed by atoms with E-state index >= 15 is 0 Å². The molecule has 0 saturated heterocycles. The van der Waals surface area contributed by atoms with Crippen LogP contribution in [0.15, 0.2) is 78.9 Å². The molecule has 7 heteroatoms. The molecule has 1 N–H and O–H groups in total. The minimum Gasteiger partial charge on any atom is -0.340 e. The number of nitrogens with one attached hydrogen (secondary N) is 1. The van der Waals surface area contributed by atoms with E-state index in [0.29, 0.717) is 19.6 Å². The van der Waals surface area contributed by atoms with Gasteiger partial charge in [0.1, 0.15) is 23.2 Å². The van der Waals surface area contributed by atoms with E-state index in [9.17, 15) is 9.18 Å². The van der Waals surface area contributed by atoms with Crippen molar-refractivity contribution in [3.05, 3.63) is 102 Å². The van der Waals surface area contributed by atoms with Crippen molar-refractivity contribution in [2.45, 2.75) is 65.0 Å². The Morgan fingerprint density at radius 2 is 1.68 bits per heavy atom. The van der Waals surface area contributed by atoms with Gasteiger partial charge in [0.15, 0.2) is 0 Å². The molecular formula is C33H39FN4OS. The number of amides is 1. The van der Waals surface area contributed by atoms with E-state index in [0.717, 1.165) is 53.4 Å². The average Bonchev–Trinajstić information content (AvgIpc) is 3.32. The topological polar surface area (TPSA) is 50.2 Å². The summed E-state index contributed by atoms with van der Waals surface area (Å²) >= 11 is 0. The van der Waals surface area contributed by atoms with Gasteiger partial charge in [-0.2, -0.15) is 13.5 Å². The third kappa shape index (κ3) is 6.76. The Balaban J connectivity index is 0.00000370. The van der Waals surface area contributed by atoms with Crippen molar-refractivity contribution < 1.29 is 9.18 Å². The van der Waals surface area contributed by atoms with Crippen molar-refractivity contribution in [2.24, 2.45) is 0 Å². The summed E-state index contributed by atoms with van der Waals surface area (Å²) in [5.41, 5.74) is 4.83. The number of hydrogen-bond acceptors (Lipinski definition) is 3. The summed E-state index contributed by atoms with van der Waals surface area (Å²) < 4.78 is 15.9. The lowest BCUT2D eigenvalue weighted by atomic mass is 9.91. The molecule has 1 aromatic heterocycles. The Bertz CT molecular complexity index is 1390. The smallest absolute Gasteiger partial charge is 0.230 e. The first-order valence-electron chi connectivity index (χ1n) is 14.1. The second-order valence-corrected chi connectivity index (χ2v) is 10.4. The van der Waals surface area contributed by atoms with Crippen molar-refractivity contribution in [1.29, 1.82) is 0 Å². The van der Waals surface area contributed by atoms with E-state index in [4.69, 9.17) is 4.98 Å². The van der Waals surface area contributed by atoms with Crippen molar-refractivity contribution >= 4 is 30.9 Å². The van der Waals surface area contributed by atoms with Gasteiger partial charge < -0.3 is 14.8 Å². The number of halogens is 1. The summed E-state index contributed by atoms with van der Waals surface area (Å²) in [6.07, 6.45) is 5.41. The van der Waals surface area contributed by atoms with Crippen LogP contribution in [0, 0.1) is 12.7 Å². The standard InChI is InChI=1S/C33H37FN4O.H2S/c1-3-4-5-9-12-29(25-10-7-6-8-11-25)33(39)37-21-22-38-30(23-37)36-31(26-15-17-27(34)18-16-26)32(38)35-28-19-13-24(2)14-20-28;/h6-8,10-11,13-20,29,35H,3-5,9,12,21-23H2,1-2H3;1H2/t29-;/m0./s1. The van der Waals surface area contributed by atoms with Gasteiger partial charge >= 0.3 is 0 Å². The van der Waals surface area contributed by atoms with Crippen molar-refractivity contribution in [3.63, 3.8) is 0 Å². The van der Waals surface area contributed by atoms with Gasteiger partial charge in [-0.1, -0.05) is 80.6 Å². The first-order valence-corrected chi connectivity index (χ1v) is 14.1. The number of nitrogens with zero attached hydrogens (tertiary/aromatic N) is 3. The molecule has 0 radical (unpaired) electrons. The lowest BCUT2D eigenvalue weighted by molar-refractivity contribution is -0.134. The van der Waals surface area contributed by atoms with Crippen LogP contribution in [-0.4, -0.2) is 26.9 Å². The normalized spacial score (nSPS) is 13.3. The Hall–Kier alpha value is -3.58. The third-order valence-electron chi connectivity index (χ3n) is 7.56. The molecule has 4 aromatic rings. The SMILES string of the molecule is CCCCCC[C@H](C(=O)N1CCn2c(nc(-c3ccc(F)cc3)c2Nc2ccc(C)cc2)C1)c1ccccc1.S. The van der Waals surface area contributed by atoms with E-state index in [-0.39, 0.29) is 31.1 Å². The molecule has 0 unspecified atom stereocenters. The summed E-state index contributed by atoms with van der Waals surface area (Å²) in [7, 11) is 0. The van der Waals surface area contributed by atoms with Gasteiger partial charge in [0, 0.05) is 24.3 Å². The molecule has 0 fully saturated rings. The molecule has 5 rings (SSSR count). The zero-order valence-corrected chi connectivity index (χ0v) is 24.4. The van der Waals surface area contributed by atoms with Gasteiger partial charge in [-0.15, -0.1) is 0 Å². The van der Waals surface area contributed by atoms with Gasteiger partial charge in [-0.05, 0) is 55.3 Å². The van der Waals surface area contributed by atoms with Crippen LogP contribution in [-0.2, 0) is 17.9 Å². The highest BCUT2D eigenvalue weighted by Gasteiger charge is 2.31. The van der Waals surface area contributed by atoms with Crippen molar-refractivity contribution in [1.82, 2.24) is 14.5 Å². The fourth-order valence-electron chi connectivity index (χ4n) is 5.34. The molecule has 3 aromatic carbocycles. The molecule has 2 heterocycles. The summed E-state index contributed by atoms with van der Waals surface area (Å²) in [6.45, 7) is 5.97. The van der Waals surface area contributed by atoms with Crippen LogP contribution in [0.2, 0.25) is 0 Å². The lowest BCUT2D eigenvalue weighted by Crippen LogP contribution is -2.41. The van der Waals surface area contributed by atoms with E-state index in [1.165, 1.54) is 30.5 Å². The minimum absolute atomic E-state index is 0. The maximum Gasteiger partial charge on any atom is 0.230 e. The number of fused-ring (bicyclic) bond motifs is 1. The highest BCUT2D eigenvalue weighted by atomic mass is 32.1. The molecule has 1 amide bonds. The quantitative estimate of drug-likeness (QED) is 0.201. The van der Waals surface area contributed by atoms with Crippen LogP contribution in [0.4, 0.5) is 15.9 Å². The predicted octanol–water partition coefficient (Wildman–Crippen LogP) is 7.95. The molecule has 210 valence electrons. The number of aryl methyl sites for hydroxylation is 1. The Morgan fingerprint density at radius 3 is 2.38 bits per heavy atom. The third-order valence-corrected chi connectivity index (χ3v) is 7.56. The molecule has 1 aliphatic rings. The van der Waals surface area contributed by atoms with Crippen molar-refractivity contribution in [3.8, 4) is 11.3 Å². The summed E-state index contributed by atoms with van der Waals surface area (Å²) in [6, 6.07) is 24.8. The Labute approximate surface area is 243 Å². The number of carbonyl (C=O) groups excluding carboxylic acids is 1. The van der Waals surface area contributed by atoms with Gasteiger partial charge in [0.05, 0.1) is 12.5 Å². The monoisotopic (exact) mass is 558 g/mol. The number of anilines is 2. The molecule has 0 saturated carbocycles. The Kier molecular flexibility index (Phi) is 10.0. The molecule has 0 spiro atoms. The van der Waals surface area contributed by atoms with Crippen LogP contribution < -0.4 is 5.32 Å². The molecule has 40 heavy (non-hydrogen) atoms. The molecule has 0 bridgehead atoms. The van der Waals surface area contributed by atoms with E-state index in [2.05, 4.69) is 48.0 Å². The molecular weight excluding hydrogens is 519 g/mol. The summed E-state index contributed by atoms with van der Waals surface area (Å²) in [5.74, 6) is 1.45. The number of aromatic nitrogens is 2. The fraction of sp³-hybridized carbons (Fsp3) is 0.333. The van der Waals surface area contributed by atoms with Crippen LogP contribution in [0.25, 0.3) is 11.3 Å². The number of unbranched alkanes of at least 4 members (excludes halogenated alkanes) is 3. The maximum atomic E-state index is 13.9. The second kappa shape index (κ2) is 13.7. The number of benzene rings is 3. The molecule has 5 nitrogen and oxygen atoms in total. The minimum atomic E-state index is -0.279. The summed E-state index contributed by atoms with van der Waals surface area (Å²) in [5, 5.41) is 3.56. The van der Waals surface area contributed by atoms with Crippen LogP contribution in [0.3, 0.4) is 0 Å². The van der Waals surface area contributed by atoms with Gasteiger partial charge in [0.2, 0.25) is 5.91 Å². The average molecular weight is 559 g/mol. The molecule has 1 atom stereocenters. The predicted molar refractivity (Wildman–Crippen MR) is 166 cm³/mol. The van der Waals surface area contributed by atoms with E-state index < -0.39 is 0 Å². The zero-order chi connectivity index (χ0) is 27.2. The Morgan fingerprint density at radius 1 is 0.950 bits per heavy atom.